The summed E-state index contributed by atoms with van der Waals surface area (Å²) in [5, 5.41) is 10.3. The quantitative estimate of drug-likeness (QED) is 0.674. The zero-order valence-corrected chi connectivity index (χ0v) is 8.09. The van der Waals surface area contributed by atoms with Crippen molar-refractivity contribution in [2.24, 2.45) is 5.92 Å². The third-order valence-corrected chi connectivity index (χ3v) is 3.79. The molecule has 0 aliphatic heterocycles. The third kappa shape index (κ3) is 1.78. The molecule has 13 heavy (non-hydrogen) atoms. The van der Waals surface area contributed by atoms with Crippen molar-refractivity contribution in [1.29, 1.82) is 0 Å². The molecule has 0 aromatic rings. The highest BCUT2D eigenvalue weighted by atomic mass is 16.3. The second-order valence-electron chi connectivity index (χ2n) is 4.62. The van der Waals surface area contributed by atoms with E-state index in [4.69, 9.17) is 0 Å². The van der Waals surface area contributed by atoms with Crippen LogP contribution in [0.2, 0.25) is 0 Å². The van der Waals surface area contributed by atoms with Gasteiger partial charge in [0.1, 0.15) is 5.78 Å². The van der Waals surface area contributed by atoms with Crippen molar-refractivity contribution in [3.8, 4) is 0 Å². The van der Waals surface area contributed by atoms with Gasteiger partial charge in [0, 0.05) is 12.8 Å². The number of Topliss-reactive ketones (excluding diaryl/α,β-unsaturated/α-hetero) is 1. The highest BCUT2D eigenvalue weighted by Crippen LogP contribution is 2.41. The van der Waals surface area contributed by atoms with Crippen molar-refractivity contribution in [2.45, 2.75) is 57.0 Å². The van der Waals surface area contributed by atoms with Gasteiger partial charge in [-0.2, -0.15) is 0 Å². The first-order valence-corrected chi connectivity index (χ1v) is 5.45. The summed E-state index contributed by atoms with van der Waals surface area (Å²) >= 11 is 0. The van der Waals surface area contributed by atoms with E-state index in [1.54, 1.807) is 0 Å². The predicted octanol–water partition coefficient (Wildman–Crippen LogP) is 2.05. The van der Waals surface area contributed by atoms with E-state index in [1.807, 2.05) is 0 Å². The van der Waals surface area contributed by atoms with E-state index in [1.165, 1.54) is 25.7 Å². The largest absolute Gasteiger partial charge is 0.390 e. The van der Waals surface area contributed by atoms with Crippen LogP contribution in [0.1, 0.15) is 51.4 Å². The summed E-state index contributed by atoms with van der Waals surface area (Å²) in [4.78, 5) is 11.1. The van der Waals surface area contributed by atoms with Gasteiger partial charge in [-0.05, 0) is 31.6 Å². The molecule has 2 aliphatic carbocycles. The van der Waals surface area contributed by atoms with Crippen LogP contribution in [-0.4, -0.2) is 16.5 Å². The van der Waals surface area contributed by atoms with Gasteiger partial charge in [0.25, 0.3) is 0 Å². The van der Waals surface area contributed by atoms with Crippen molar-refractivity contribution in [3.05, 3.63) is 0 Å². The number of hydrogen-bond donors (Lipinski definition) is 1. The average molecular weight is 182 g/mol. The minimum Gasteiger partial charge on any atom is -0.390 e. The molecular weight excluding hydrogens is 164 g/mol. The van der Waals surface area contributed by atoms with Crippen LogP contribution in [0.5, 0.6) is 0 Å². The van der Waals surface area contributed by atoms with Gasteiger partial charge in [0.15, 0.2) is 0 Å². The van der Waals surface area contributed by atoms with E-state index in [-0.39, 0.29) is 0 Å². The van der Waals surface area contributed by atoms with E-state index in [9.17, 15) is 9.90 Å². The standard InChI is InChI=1S/C11H18O2/c12-10-5-7-11(13,8-6-10)9-3-1-2-4-9/h9,13H,1-8H2. The van der Waals surface area contributed by atoms with Gasteiger partial charge < -0.3 is 5.11 Å². The van der Waals surface area contributed by atoms with Crippen LogP contribution >= 0.6 is 0 Å². The first-order chi connectivity index (χ1) is 6.21. The summed E-state index contributed by atoms with van der Waals surface area (Å²) in [6, 6.07) is 0. The van der Waals surface area contributed by atoms with Crippen LogP contribution in [0.25, 0.3) is 0 Å². The molecular formula is C11H18O2. The third-order valence-electron chi connectivity index (χ3n) is 3.79. The summed E-state index contributed by atoms with van der Waals surface area (Å²) in [6.45, 7) is 0. The second-order valence-corrected chi connectivity index (χ2v) is 4.62. The van der Waals surface area contributed by atoms with E-state index in [0.717, 1.165) is 12.8 Å². The zero-order chi connectivity index (χ0) is 9.31. The normalized spacial score (nSPS) is 29.5. The first-order valence-electron chi connectivity index (χ1n) is 5.45. The predicted molar refractivity (Wildman–Crippen MR) is 50.4 cm³/mol. The average Bonchev–Trinajstić information content (AvgIpc) is 2.63. The van der Waals surface area contributed by atoms with Crippen LogP contribution in [0.3, 0.4) is 0 Å². The molecule has 2 heteroatoms. The molecule has 2 nitrogen and oxygen atoms in total. The van der Waals surface area contributed by atoms with Gasteiger partial charge in [-0.15, -0.1) is 0 Å². The van der Waals surface area contributed by atoms with Crippen molar-refractivity contribution >= 4 is 5.78 Å². The molecule has 2 aliphatic rings. The molecule has 0 amide bonds. The van der Waals surface area contributed by atoms with Crippen LogP contribution in [0.15, 0.2) is 0 Å². The number of carbonyl (C=O) groups excluding carboxylic acids is 1. The number of hydrogen-bond acceptors (Lipinski definition) is 2. The lowest BCUT2D eigenvalue weighted by Gasteiger charge is -2.36. The van der Waals surface area contributed by atoms with Gasteiger partial charge in [0.2, 0.25) is 0 Å². The molecule has 0 saturated heterocycles. The number of ketones is 1. The Balaban J connectivity index is 1.98. The Morgan fingerprint density at radius 3 is 2.23 bits per heavy atom. The topological polar surface area (TPSA) is 37.3 Å². The molecule has 0 radical (unpaired) electrons. The highest BCUT2D eigenvalue weighted by Gasteiger charge is 2.40. The number of aliphatic hydroxyl groups is 1. The molecule has 2 saturated carbocycles. The number of carbonyl (C=O) groups is 1. The molecule has 0 spiro atoms. The van der Waals surface area contributed by atoms with E-state index < -0.39 is 5.60 Å². The fourth-order valence-corrected chi connectivity index (χ4v) is 2.83. The summed E-state index contributed by atoms with van der Waals surface area (Å²) in [6.07, 6.45) is 7.52. The van der Waals surface area contributed by atoms with Gasteiger partial charge in [-0.1, -0.05) is 12.8 Å². The monoisotopic (exact) mass is 182 g/mol. The lowest BCUT2D eigenvalue weighted by atomic mass is 9.74. The Labute approximate surface area is 79.3 Å². The Morgan fingerprint density at radius 2 is 1.69 bits per heavy atom. The molecule has 0 unspecified atom stereocenters. The van der Waals surface area contributed by atoms with Crippen LogP contribution in [0.4, 0.5) is 0 Å². The molecule has 0 bridgehead atoms. The van der Waals surface area contributed by atoms with Crippen molar-refractivity contribution in [1.82, 2.24) is 0 Å². The molecule has 74 valence electrons. The maximum Gasteiger partial charge on any atom is 0.133 e. The summed E-state index contributed by atoms with van der Waals surface area (Å²) in [5.41, 5.74) is -0.482. The van der Waals surface area contributed by atoms with E-state index >= 15 is 0 Å². The van der Waals surface area contributed by atoms with Crippen LogP contribution in [-0.2, 0) is 4.79 Å². The van der Waals surface area contributed by atoms with Crippen LogP contribution < -0.4 is 0 Å². The van der Waals surface area contributed by atoms with Gasteiger partial charge in [-0.3, -0.25) is 4.79 Å². The maximum atomic E-state index is 11.1. The first kappa shape index (κ1) is 9.20. The second kappa shape index (κ2) is 3.41. The van der Waals surface area contributed by atoms with Crippen molar-refractivity contribution < 1.29 is 9.90 Å². The molecule has 2 rings (SSSR count). The highest BCUT2D eigenvalue weighted by molar-refractivity contribution is 5.79. The van der Waals surface area contributed by atoms with Crippen molar-refractivity contribution in [3.63, 3.8) is 0 Å². The Hall–Kier alpha value is -0.370. The lowest BCUT2D eigenvalue weighted by molar-refractivity contribution is -0.128. The van der Waals surface area contributed by atoms with E-state index in [2.05, 4.69) is 0 Å². The smallest absolute Gasteiger partial charge is 0.133 e. The molecule has 0 heterocycles. The van der Waals surface area contributed by atoms with Gasteiger partial charge >= 0.3 is 0 Å². The molecule has 2 fully saturated rings. The molecule has 0 aromatic heterocycles. The minimum atomic E-state index is -0.482. The molecule has 0 atom stereocenters. The van der Waals surface area contributed by atoms with E-state index in [0.29, 0.717) is 24.5 Å². The summed E-state index contributed by atoms with van der Waals surface area (Å²) in [5.74, 6) is 0.822. The van der Waals surface area contributed by atoms with Gasteiger partial charge in [0.05, 0.1) is 5.60 Å². The van der Waals surface area contributed by atoms with Crippen LogP contribution in [0, 0.1) is 5.92 Å². The number of rotatable bonds is 1. The Bertz CT molecular complexity index is 194. The summed E-state index contributed by atoms with van der Waals surface area (Å²) < 4.78 is 0. The summed E-state index contributed by atoms with van der Waals surface area (Å²) in [7, 11) is 0. The fourth-order valence-electron chi connectivity index (χ4n) is 2.83. The maximum absolute atomic E-state index is 11.1. The Kier molecular flexibility index (Phi) is 2.41. The minimum absolute atomic E-state index is 0.336. The SMILES string of the molecule is O=C1CCC(O)(C2CCCC2)CC1. The molecule has 0 aromatic carbocycles. The lowest BCUT2D eigenvalue weighted by Crippen LogP contribution is -2.40. The molecule has 1 N–H and O–H groups in total. The zero-order valence-electron chi connectivity index (χ0n) is 8.09. The van der Waals surface area contributed by atoms with Gasteiger partial charge in [-0.25, -0.2) is 0 Å². The Morgan fingerprint density at radius 1 is 1.15 bits per heavy atom. The van der Waals surface area contributed by atoms with Crippen molar-refractivity contribution in [2.75, 3.05) is 0 Å². The fraction of sp³-hybridized carbons (Fsp3) is 0.909.